The Hall–Kier alpha value is -0.820. The van der Waals surface area contributed by atoms with E-state index in [9.17, 15) is 8.42 Å². The molecule has 0 bridgehead atoms. The van der Waals surface area contributed by atoms with Crippen LogP contribution in [0.1, 0.15) is 33.6 Å². The van der Waals surface area contributed by atoms with E-state index in [0.29, 0.717) is 12.3 Å². The lowest BCUT2D eigenvalue weighted by atomic mass is 10.2. The highest BCUT2D eigenvalue weighted by atomic mass is 32.2. The number of hydrogen-bond acceptors (Lipinski definition) is 4. The van der Waals surface area contributed by atoms with Crippen molar-refractivity contribution in [1.29, 1.82) is 0 Å². The molecular weight excluding hydrogens is 242 g/mol. The summed E-state index contributed by atoms with van der Waals surface area (Å²) in [5, 5.41) is 11.3. The lowest BCUT2D eigenvalue weighted by Gasteiger charge is -2.24. The van der Waals surface area contributed by atoms with E-state index in [0.717, 1.165) is 0 Å². The number of nitrogens with zero attached hydrogens (tertiary/aromatic N) is 2. The van der Waals surface area contributed by atoms with Gasteiger partial charge in [0, 0.05) is 19.5 Å². The Balaban J connectivity index is 4.51. The highest BCUT2D eigenvalue weighted by molar-refractivity contribution is 7.89. The number of oxime groups is 1. The van der Waals surface area contributed by atoms with Crippen LogP contribution < -0.4 is 5.73 Å². The van der Waals surface area contributed by atoms with E-state index in [4.69, 9.17) is 10.9 Å². The number of hydrogen-bond donors (Lipinski definition) is 2. The van der Waals surface area contributed by atoms with Crippen molar-refractivity contribution >= 4 is 15.9 Å². The smallest absolute Gasteiger partial charge is 0.214 e. The predicted molar refractivity (Wildman–Crippen MR) is 68.5 cm³/mol. The topological polar surface area (TPSA) is 96.0 Å². The van der Waals surface area contributed by atoms with Crippen LogP contribution in [0.4, 0.5) is 0 Å². The highest BCUT2D eigenvalue weighted by Gasteiger charge is 2.23. The minimum Gasteiger partial charge on any atom is -0.409 e. The van der Waals surface area contributed by atoms with E-state index in [2.05, 4.69) is 5.16 Å². The minimum absolute atomic E-state index is 0.0309. The zero-order chi connectivity index (χ0) is 13.6. The van der Waals surface area contributed by atoms with E-state index < -0.39 is 10.0 Å². The molecule has 0 aromatic heterocycles. The second kappa shape index (κ2) is 6.80. The van der Waals surface area contributed by atoms with Crippen molar-refractivity contribution in [2.75, 3.05) is 12.8 Å². The summed E-state index contributed by atoms with van der Waals surface area (Å²) in [6.45, 7) is 5.69. The zero-order valence-corrected chi connectivity index (χ0v) is 11.7. The minimum atomic E-state index is -3.27. The Morgan fingerprint density at radius 2 is 1.94 bits per heavy atom. The van der Waals surface area contributed by atoms with E-state index in [1.165, 1.54) is 11.4 Å². The Morgan fingerprint density at radius 3 is 2.35 bits per heavy atom. The average molecular weight is 265 g/mol. The molecule has 1 atom stereocenters. The summed E-state index contributed by atoms with van der Waals surface area (Å²) in [5.41, 5.74) is 5.36. The molecule has 0 aliphatic rings. The molecule has 7 heteroatoms. The van der Waals surface area contributed by atoms with Crippen LogP contribution in [-0.2, 0) is 10.0 Å². The standard InChI is InChI=1S/C10H23N3O3S/c1-8(2)5-6-17(15,16)13(4)9(3)7-10(11)12-14/h8-9,14H,5-7H2,1-4H3,(H2,11,12). The van der Waals surface area contributed by atoms with Crippen molar-refractivity contribution in [2.24, 2.45) is 16.8 Å². The van der Waals surface area contributed by atoms with Crippen molar-refractivity contribution in [3.05, 3.63) is 0 Å². The third kappa shape index (κ3) is 5.88. The molecule has 0 aliphatic heterocycles. The summed E-state index contributed by atoms with van der Waals surface area (Å²) < 4.78 is 25.1. The first kappa shape index (κ1) is 16.2. The first-order valence-electron chi connectivity index (χ1n) is 5.62. The predicted octanol–water partition coefficient (Wildman–Crippen LogP) is 0.819. The second-order valence-electron chi connectivity index (χ2n) is 4.66. The molecule has 0 aliphatic carbocycles. The van der Waals surface area contributed by atoms with Crippen molar-refractivity contribution in [3.8, 4) is 0 Å². The maximum atomic E-state index is 11.9. The molecule has 0 aromatic carbocycles. The molecule has 0 aromatic rings. The third-order valence-corrected chi connectivity index (χ3v) is 4.63. The van der Waals surface area contributed by atoms with E-state index >= 15 is 0 Å². The van der Waals surface area contributed by atoms with Crippen molar-refractivity contribution < 1.29 is 13.6 Å². The fourth-order valence-electron chi connectivity index (χ4n) is 1.27. The van der Waals surface area contributed by atoms with Crippen molar-refractivity contribution in [3.63, 3.8) is 0 Å². The average Bonchev–Trinajstić information content (AvgIpc) is 2.25. The molecule has 102 valence electrons. The van der Waals surface area contributed by atoms with Crippen LogP contribution in [-0.4, -0.2) is 42.6 Å². The van der Waals surface area contributed by atoms with Gasteiger partial charge in [0.1, 0.15) is 5.84 Å². The molecule has 0 spiro atoms. The summed E-state index contributed by atoms with van der Waals surface area (Å²) >= 11 is 0. The first-order chi connectivity index (χ1) is 7.70. The summed E-state index contributed by atoms with van der Waals surface area (Å²) in [5.74, 6) is 0.503. The third-order valence-electron chi connectivity index (χ3n) is 2.65. The molecule has 0 saturated carbocycles. The van der Waals surface area contributed by atoms with Crippen LogP contribution in [0.15, 0.2) is 5.16 Å². The number of nitrogens with two attached hydrogens (primary N) is 1. The zero-order valence-electron chi connectivity index (χ0n) is 10.9. The van der Waals surface area contributed by atoms with E-state index in [1.54, 1.807) is 6.92 Å². The van der Waals surface area contributed by atoms with Crippen molar-refractivity contribution in [2.45, 2.75) is 39.7 Å². The maximum absolute atomic E-state index is 11.9. The summed E-state index contributed by atoms with van der Waals surface area (Å²) in [6.07, 6.45) is 0.844. The highest BCUT2D eigenvalue weighted by Crippen LogP contribution is 2.11. The number of amidine groups is 1. The van der Waals surface area contributed by atoms with Gasteiger partial charge in [0.25, 0.3) is 0 Å². The van der Waals surface area contributed by atoms with Gasteiger partial charge in [0.2, 0.25) is 10.0 Å². The molecule has 1 unspecified atom stereocenters. The summed E-state index contributed by atoms with van der Waals surface area (Å²) in [6, 6.07) is -0.317. The van der Waals surface area contributed by atoms with Gasteiger partial charge in [-0.05, 0) is 19.3 Å². The van der Waals surface area contributed by atoms with Crippen LogP contribution in [0.25, 0.3) is 0 Å². The van der Waals surface area contributed by atoms with Crippen LogP contribution in [0.3, 0.4) is 0 Å². The van der Waals surface area contributed by atoms with Crippen LogP contribution in [0.2, 0.25) is 0 Å². The normalized spacial score (nSPS) is 15.5. The fraction of sp³-hybridized carbons (Fsp3) is 0.900. The van der Waals surface area contributed by atoms with Gasteiger partial charge in [-0.2, -0.15) is 0 Å². The van der Waals surface area contributed by atoms with Gasteiger partial charge in [-0.15, -0.1) is 0 Å². The Morgan fingerprint density at radius 1 is 1.41 bits per heavy atom. The number of rotatable bonds is 7. The molecule has 17 heavy (non-hydrogen) atoms. The Kier molecular flexibility index (Phi) is 6.48. The SMILES string of the molecule is CC(C)CCS(=O)(=O)N(C)C(C)CC(N)=NO. The molecule has 6 nitrogen and oxygen atoms in total. The van der Waals surface area contributed by atoms with Gasteiger partial charge in [-0.25, -0.2) is 12.7 Å². The van der Waals surface area contributed by atoms with Crippen LogP contribution in [0.5, 0.6) is 0 Å². The first-order valence-corrected chi connectivity index (χ1v) is 7.23. The largest absolute Gasteiger partial charge is 0.409 e. The van der Waals surface area contributed by atoms with E-state index in [1.807, 2.05) is 13.8 Å². The Labute approximate surface area is 104 Å². The van der Waals surface area contributed by atoms with Gasteiger partial charge in [-0.3, -0.25) is 0 Å². The lowest BCUT2D eigenvalue weighted by Crippen LogP contribution is -2.39. The molecular formula is C10H23N3O3S. The summed E-state index contributed by atoms with van der Waals surface area (Å²) in [4.78, 5) is 0. The van der Waals surface area contributed by atoms with Crippen LogP contribution in [0, 0.1) is 5.92 Å². The molecule has 3 N–H and O–H groups in total. The van der Waals surface area contributed by atoms with Gasteiger partial charge in [0.15, 0.2) is 0 Å². The van der Waals surface area contributed by atoms with Gasteiger partial charge in [0.05, 0.1) is 5.75 Å². The molecule has 0 fully saturated rings. The quantitative estimate of drug-likeness (QED) is 0.308. The van der Waals surface area contributed by atoms with Gasteiger partial charge >= 0.3 is 0 Å². The lowest BCUT2D eigenvalue weighted by molar-refractivity contribution is 0.313. The van der Waals surface area contributed by atoms with Crippen molar-refractivity contribution in [1.82, 2.24) is 4.31 Å². The molecule has 0 amide bonds. The molecule has 0 rings (SSSR count). The Bertz CT molecular complexity index is 352. The van der Waals surface area contributed by atoms with E-state index in [-0.39, 0.29) is 24.1 Å². The second-order valence-corrected chi connectivity index (χ2v) is 6.81. The summed E-state index contributed by atoms with van der Waals surface area (Å²) in [7, 11) is -1.75. The molecule has 0 saturated heterocycles. The molecule has 0 heterocycles. The van der Waals surface area contributed by atoms with Crippen LogP contribution >= 0.6 is 0 Å². The monoisotopic (exact) mass is 265 g/mol. The van der Waals surface area contributed by atoms with Gasteiger partial charge < -0.3 is 10.9 Å². The molecule has 0 radical (unpaired) electrons. The van der Waals surface area contributed by atoms with Gasteiger partial charge in [-0.1, -0.05) is 19.0 Å². The maximum Gasteiger partial charge on any atom is 0.214 e. The fourth-order valence-corrected chi connectivity index (χ4v) is 2.95. The number of sulfonamides is 1.